The lowest BCUT2D eigenvalue weighted by Crippen LogP contribution is -2.01. The summed E-state index contributed by atoms with van der Waals surface area (Å²) in [5.74, 6) is 1.38. The van der Waals surface area contributed by atoms with Gasteiger partial charge in [-0.25, -0.2) is 5.43 Å². The molecule has 5 aromatic rings. The first-order chi connectivity index (χ1) is 16.6. The molecule has 0 fully saturated rings. The molecule has 0 aliphatic heterocycles. The van der Waals surface area contributed by atoms with Crippen LogP contribution in [0, 0.1) is 0 Å². The van der Waals surface area contributed by atoms with Gasteiger partial charge in [-0.1, -0.05) is 47.5 Å². The normalized spacial score (nSPS) is 11.4. The van der Waals surface area contributed by atoms with Crippen LogP contribution in [0.1, 0.15) is 11.1 Å². The van der Waals surface area contributed by atoms with E-state index in [0.29, 0.717) is 38.3 Å². The van der Waals surface area contributed by atoms with Crippen LogP contribution in [0.4, 0.5) is 5.95 Å². The number of methoxy groups -OCH3 is 1. The summed E-state index contributed by atoms with van der Waals surface area (Å²) in [5, 5.41) is 14.6. The smallest absolute Gasteiger partial charge is 0.265 e. The maximum Gasteiger partial charge on any atom is 0.265 e. The number of hydrogen-bond donors (Lipinski definition) is 2. The predicted molar refractivity (Wildman–Crippen MR) is 134 cm³/mol. The fourth-order valence-electron chi connectivity index (χ4n) is 3.44. The lowest BCUT2D eigenvalue weighted by atomic mass is 10.2. The van der Waals surface area contributed by atoms with Gasteiger partial charge in [0.1, 0.15) is 12.1 Å². The molecule has 0 bridgehead atoms. The molecule has 3 aromatic carbocycles. The van der Waals surface area contributed by atoms with Gasteiger partial charge in [-0.2, -0.15) is 10.1 Å². The molecule has 5 rings (SSSR count). The summed E-state index contributed by atoms with van der Waals surface area (Å²) in [6.07, 6.45) is 1.62. The third kappa shape index (κ3) is 4.46. The zero-order chi connectivity index (χ0) is 23.5. The standard InChI is InChI=1S/C24H18Cl2N6O2/c1-33-21-11-14(9-10-20(21)34-13-16-17(25)6-4-7-18(16)26)12-27-31-24-29-23-22(30-32-24)15-5-2-3-8-19(15)28-23/h2-12H,13H2,1H3,(H2,28,29,31,32)/b27-12+. The molecule has 0 aliphatic carbocycles. The highest BCUT2D eigenvalue weighted by Gasteiger charge is 2.10. The molecule has 8 nitrogen and oxygen atoms in total. The molecule has 2 N–H and O–H groups in total. The molecule has 2 heterocycles. The summed E-state index contributed by atoms with van der Waals surface area (Å²) < 4.78 is 11.3. The fraction of sp³-hybridized carbons (Fsp3) is 0.0833. The Morgan fingerprint density at radius 3 is 2.65 bits per heavy atom. The Hall–Kier alpha value is -3.88. The van der Waals surface area contributed by atoms with Gasteiger partial charge in [0.2, 0.25) is 0 Å². The molecule has 34 heavy (non-hydrogen) atoms. The van der Waals surface area contributed by atoms with E-state index in [1.807, 2.05) is 30.3 Å². The van der Waals surface area contributed by atoms with E-state index in [4.69, 9.17) is 32.7 Å². The quantitative estimate of drug-likeness (QED) is 0.218. The Morgan fingerprint density at radius 1 is 1.00 bits per heavy atom. The number of aromatic nitrogens is 4. The zero-order valence-electron chi connectivity index (χ0n) is 17.9. The van der Waals surface area contributed by atoms with Crippen molar-refractivity contribution < 1.29 is 9.47 Å². The zero-order valence-corrected chi connectivity index (χ0v) is 19.4. The van der Waals surface area contributed by atoms with E-state index in [1.165, 1.54) is 0 Å². The largest absolute Gasteiger partial charge is 0.493 e. The van der Waals surface area contributed by atoms with Crippen molar-refractivity contribution in [3.63, 3.8) is 0 Å². The van der Waals surface area contributed by atoms with E-state index in [9.17, 15) is 0 Å². The maximum atomic E-state index is 6.22. The Morgan fingerprint density at radius 2 is 1.82 bits per heavy atom. The molecule has 0 saturated heterocycles. The second kappa shape index (κ2) is 9.54. The van der Waals surface area contributed by atoms with Gasteiger partial charge >= 0.3 is 0 Å². The highest BCUT2D eigenvalue weighted by molar-refractivity contribution is 6.35. The van der Waals surface area contributed by atoms with Crippen molar-refractivity contribution in [1.29, 1.82) is 0 Å². The van der Waals surface area contributed by atoms with E-state index in [0.717, 1.165) is 16.5 Å². The van der Waals surface area contributed by atoms with Gasteiger partial charge < -0.3 is 14.5 Å². The van der Waals surface area contributed by atoms with Crippen molar-refractivity contribution >= 4 is 57.4 Å². The first-order valence-corrected chi connectivity index (χ1v) is 11.0. The number of halogens is 2. The molecule has 0 amide bonds. The number of rotatable bonds is 7. The van der Waals surface area contributed by atoms with Gasteiger partial charge in [-0.05, 0) is 42.0 Å². The number of H-pyrrole nitrogens is 1. The van der Waals surface area contributed by atoms with Crippen LogP contribution in [0.15, 0.2) is 65.8 Å². The molecular weight excluding hydrogens is 475 g/mol. The highest BCUT2D eigenvalue weighted by atomic mass is 35.5. The van der Waals surface area contributed by atoms with Crippen molar-refractivity contribution in [3.8, 4) is 11.5 Å². The molecule has 0 spiro atoms. The van der Waals surface area contributed by atoms with E-state index in [2.05, 4.69) is 30.7 Å². The number of para-hydroxylation sites is 1. The number of hydrazone groups is 1. The minimum Gasteiger partial charge on any atom is -0.493 e. The first-order valence-electron chi connectivity index (χ1n) is 10.3. The number of nitrogens with zero attached hydrogens (tertiary/aromatic N) is 4. The number of fused-ring (bicyclic) bond motifs is 3. The Kier molecular flexibility index (Phi) is 6.16. The Bertz CT molecular complexity index is 1500. The second-order valence-corrected chi connectivity index (χ2v) is 8.09. The van der Waals surface area contributed by atoms with Crippen molar-refractivity contribution in [2.75, 3.05) is 12.5 Å². The number of nitrogens with one attached hydrogen (secondary N) is 2. The van der Waals surface area contributed by atoms with Crippen molar-refractivity contribution in [2.24, 2.45) is 5.10 Å². The Labute approximate surface area is 204 Å². The summed E-state index contributed by atoms with van der Waals surface area (Å²) in [7, 11) is 1.57. The van der Waals surface area contributed by atoms with Crippen molar-refractivity contribution in [3.05, 3.63) is 81.8 Å². The molecule has 170 valence electrons. The van der Waals surface area contributed by atoms with E-state index < -0.39 is 0 Å². The fourth-order valence-corrected chi connectivity index (χ4v) is 3.94. The highest BCUT2D eigenvalue weighted by Crippen LogP contribution is 2.31. The topological polar surface area (TPSA) is 97.3 Å². The lowest BCUT2D eigenvalue weighted by Gasteiger charge is -2.13. The van der Waals surface area contributed by atoms with Crippen LogP contribution in [0.2, 0.25) is 10.0 Å². The summed E-state index contributed by atoms with van der Waals surface area (Å²) >= 11 is 12.4. The van der Waals surface area contributed by atoms with Crippen LogP contribution < -0.4 is 14.9 Å². The molecular formula is C24H18Cl2N6O2. The molecule has 0 aliphatic rings. The number of benzene rings is 3. The number of ether oxygens (including phenoxy) is 2. The molecule has 10 heteroatoms. The molecule has 0 radical (unpaired) electrons. The Balaban J connectivity index is 1.28. The predicted octanol–water partition coefficient (Wildman–Crippen LogP) is 5.85. The number of anilines is 1. The first kappa shape index (κ1) is 21.9. The van der Waals surface area contributed by atoms with Crippen LogP contribution in [-0.2, 0) is 6.61 Å². The van der Waals surface area contributed by atoms with Gasteiger partial charge in [0.25, 0.3) is 5.95 Å². The van der Waals surface area contributed by atoms with Crippen LogP contribution in [0.5, 0.6) is 11.5 Å². The number of aromatic amines is 1. The van der Waals surface area contributed by atoms with E-state index >= 15 is 0 Å². The van der Waals surface area contributed by atoms with E-state index in [-0.39, 0.29) is 12.6 Å². The minimum absolute atomic E-state index is 0.213. The maximum absolute atomic E-state index is 6.22. The SMILES string of the molecule is COc1cc(/C=N/Nc2nnc3c(n2)[nH]c2ccccc23)ccc1OCc1c(Cl)cccc1Cl. The summed E-state index contributed by atoms with van der Waals surface area (Å²) in [5.41, 5.74) is 6.60. The van der Waals surface area contributed by atoms with Gasteiger partial charge in [0.15, 0.2) is 17.1 Å². The second-order valence-electron chi connectivity index (χ2n) is 7.27. The number of hydrogen-bond acceptors (Lipinski definition) is 7. The van der Waals surface area contributed by atoms with E-state index in [1.54, 1.807) is 43.7 Å². The average molecular weight is 493 g/mol. The summed E-state index contributed by atoms with van der Waals surface area (Å²) in [6, 6.07) is 18.6. The van der Waals surface area contributed by atoms with Gasteiger partial charge in [-0.3, -0.25) is 0 Å². The van der Waals surface area contributed by atoms with Gasteiger partial charge in [0, 0.05) is 26.5 Å². The molecule has 2 aromatic heterocycles. The summed E-state index contributed by atoms with van der Waals surface area (Å²) in [4.78, 5) is 7.66. The lowest BCUT2D eigenvalue weighted by molar-refractivity contribution is 0.284. The monoisotopic (exact) mass is 492 g/mol. The van der Waals surface area contributed by atoms with Crippen LogP contribution >= 0.6 is 23.2 Å². The van der Waals surface area contributed by atoms with Crippen molar-refractivity contribution in [2.45, 2.75) is 6.61 Å². The third-order valence-corrected chi connectivity index (χ3v) is 5.83. The van der Waals surface area contributed by atoms with Crippen LogP contribution in [0.25, 0.3) is 22.1 Å². The minimum atomic E-state index is 0.213. The summed E-state index contributed by atoms with van der Waals surface area (Å²) in [6.45, 7) is 0.213. The average Bonchev–Trinajstić information content (AvgIpc) is 3.22. The van der Waals surface area contributed by atoms with Crippen molar-refractivity contribution in [1.82, 2.24) is 20.2 Å². The van der Waals surface area contributed by atoms with Gasteiger partial charge in [0.05, 0.1) is 13.3 Å². The molecule has 0 saturated carbocycles. The van der Waals surface area contributed by atoms with Gasteiger partial charge in [-0.15, -0.1) is 10.2 Å². The van der Waals surface area contributed by atoms with Crippen LogP contribution in [0.3, 0.4) is 0 Å². The molecule has 0 atom stereocenters. The molecule has 0 unspecified atom stereocenters. The van der Waals surface area contributed by atoms with Crippen LogP contribution in [-0.4, -0.2) is 33.5 Å². The third-order valence-electron chi connectivity index (χ3n) is 5.12.